The molecule has 1 atom stereocenters. The molecule has 34 heavy (non-hydrogen) atoms. The molecular weight excluding hydrogens is 458 g/mol. The smallest absolute Gasteiger partial charge is 0.423 e. The summed E-state index contributed by atoms with van der Waals surface area (Å²) in [6.45, 7) is 2.39. The summed E-state index contributed by atoms with van der Waals surface area (Å²) in [6, 6.07) is 14.2. The summed E-state index contributed by atoms with van der Waals surface area (Å²) in [4.78, 5) is 45.2. The molecule has 2 amide bonds. The van der Waals surface area contributed by atoms with Gasteiger partial charge in [-0.25, -0.2) is 14.8 Å². The van der Waals surface area contributed by atoms with Gasteiger partial charge in [0.1, 0.15) is 6.04 Å². The molecule has 10 nitrogen and oxygen atoms in total. The van der Waals surface area contributed by atoms with E-state index in [9.17, 15) is 14.4 Å². The first-order valence-corrected chi connectivity index (χ1v) is 11.5. The van der Waals surface area contributed by atoms with E-state index < -0.39 is 30.4 Å². The number of ether oxygens (including phenoxy) is 1. The maximum Gasteiger partial charge on any atom is 0.423 e. The van der Waals surface area contributed by atoms with Gasteiger partial charge in [-0.15, -0.1) is 0 Å². The number of hydrogen-bond donors (Lipinski definition) is 3. The molecule has 1 aliphatic rings. The zero-order chi connectivity index (χ0) is 24.1. The lowest BCUT2D eigenvalue weighted by molar-refractivity contribution is -0.140. The zero-order valence-corrected chi connectivity index (χ0v) is 19.2. The van der Waals surface area contributed by atoms with Crippen molar-refractivity contribution in [3.05, 3.63) is 54.1 Å². The van der Waals surface area contributed by atoms with E-state index in [4.69, 9.17) is 9.84 Å². The number of guanidine groups is 1. The number of aliphatic imine (C=N–C) groups is 1. The Kier molecular flexibility index (Phi) is 7.02. The zero-order valence-electron chi connectivity index (χ0n) is 18.4. The number of hydrogen-bond acceptors (Lipinski definition) is 9. The van der Waals surface area contributed by atoms with Gasteiger partial charge < -0.3 is 20.5 Å². The van der Waals surface area contributed by atoms with E-state index in [1.54, 1.807) is 30.4 Å². The Morgan fingerprint density at radius 1 is 1.18 bits per heavy atom. The Hall–Kier alpha value is -3.99. The van der Waals surface area contributed by atoms with Crippen molar-refractivity contribution in [3.63, 3.8) is 0 Å². The van der Waals surface area contributed by atoms with Crippen LogP contribution in [0.5, 0.6) is 0 Å². The van der Waals surface area contributed by atoms with E-state index >= 15 is 0 Å². The molecule has 0 fully saturated rings. The van der Waals surface area contributed by atoms with Gasteiger partial charge in [0.25, 0.3) is 5.91 Å². The highest BCUT2D eigenvalue weighted by atomic mass is 32.1. The van der Waals surface area contributed by atoms with Crippen LogP contribution in [0.2, 0.25) is 0 Å². The molecule has 11 heteroatoms. The minimum Gasteiger partial charge on any atom is -0.481 e. The Morgan fingerprint density at radius 3 is 2.65 bits per heavy atom. The van der Waals surface area contributed by atoms with Crippen molar-refractivity contribution in [3.8, 4) is 0 Å². The van der Waals surface area contributed by atoms with Crippen molar-refractivity contribution in [1.82, 2.24) is 9.88 Å². The van der Waals surface area contributed by atoms with Crippen LogP contribution >= 0.6 is 11.3 Å². The molecule has 2 heterocycles. The van der Waals surface area contributed by atoms with E-state index in [2.05, 4.69) is 20.6 Å². The molecule has 3 aromatic rings. The Bertz CT molecular complexity index is 1210. The average molecular weight is 482 g/mol. The molecular formula is C23H23N5O5S. The number of thiazole rings is 1. The minimum atomic E-state index is -1.18. The van der Waals surface area contributed by atoms with Crippen LogP contribution in [0, 0.1) is 0 Å². The minimum absolute atomic E-state index is 0.0556. The Balaban J connectivity index is 1.37. The van der Waals surface area contributed by atoms with Gasteiger partial charge in [-0.3, -0.25) is 9.59 Å². The number of carbonyl (C=O) groups excluding carboxylic acids is 2. The number of fused-ring (bicyclic) bond motifs is 1. The molecule has 0 aliphatic carbocycles. The van der Waals surface area contributed by atoms with E-state index in [1.165, 1.54) is 0 Å². The molecule has 1 aromatic heterocycles. The summed E-state index contributed by atoms with van der Waals surface area (Å²) < 4.78 is 6.06. The van der Waals surface area contributed by atoms with Crippen LogP contribution in [0.4, 0.5) is 15.6 Å². The number of nitrogens with zero attached hydrogens (tertiary/aromatic N) is 3. The number of amides is 2. The van der Waals surface area contributed by atoms with Gasteiger partial charge >= 0.3 is 12.1 Å². The monoisotopic (exact) mass is 481 g/mol. The predicted molar refractivity (Wildman–Crippen MR) is 129 cm³/mol. The summed E-state index contributed by atoms with van der Waals surface area (Å²) in [5, 5.41) is 16.2. The fourth-order valence-corrected chi connectivity index (χ4v) is 4.30. The number of carboxylic acids is 1. The largest absolute Gasteiger partial charge is 0.481 e. The van der Waals surface area contributed by atoms with Crippen molar-refractivity contribution < 1.29 is 24.2 Å². The van der Waals surface area contributed by atoms with Crippen molar-refractivity contribution in [2.24, 2.45) is 4.99 Å². The van der Waals surface area contributed by atoms with E-state index in [1.807, 2.05) is 36.4 Å². The topological polar surface area (TPSA) is 133 Å². The molecule has 0 unspecified atom stereocenters. The highest BCUT2D eigenvalue weighted by molar-refractivity contribution is 7.22. The van der Waals surface area contributed by atoms with Crippen LogP contribution in [0.3, 0.4) is 0 Å². The van der Waals surface area contributed by atoms with Crippen molar-refractivity contribution in [2.75, 3.05) is 23.8 Å². The first kappa shape index (κ1) is 23.2. The van der Waals surface area contributed by atoms with Gasteiger partial charge in [-0.1, -0.05) is 35.6 Å². The molecule has 0 spiro atoms. The summed E-state index contributed by atoms with van der Waals surface area (Å²) in [6.07, 6.45) is -0.643. The molecule has 176 valence electrons. The number of imide groups is 1. The third kappa shape index (κ3) is 5.31. The molecule has 0 bridgehead atoms. The molecule has 2 aromatic carbocycles. The van der Waals surface area contributed by atoms with Crippen LogP contribution in [0.15, 0.2) is 53.5 Å². The second-order valence-corrected chi connectivity index (χ2v) is 8.46. The lowest BCUT2D eigenvalue weighted by Gasteiger charge is -2.17. The Morgan fingerprint density at radius 2 is 1.94 bits per heavy atom. The fourth-order valence-electron chi connectivity index (χ4n) is 3.41. The number of benzene rings is 2. The maximum atomic E-state index is 12.5. The molecule has 0 saturated carbocycles. The predicted octanol–water partition coefficient (Wildman–Crippen LogP) is 3.56. The summed E-state index contributed by atoms with van der Waals surface area (Å²) >= 11 is 1.61. The molecule has 1 aliphatic heterocycles. The van der Waals surface area contributed by atoms with Crippen LogP contribution < -0.4 is 10.6 Å². The molecule has 0 saturated heterocycles. The van der Waals surface area contributed by atoms with Crippen LogP contribution in [0.25, 0.3) is 10.2 Å². The number of carboxylic acid groups (broad SMARTS) is 1. The van der Waals surface area contributed by atoms with Gasteiger partial charge in [0.2, 0.25) is 5.96 Å². The number of anilines is 2. The lowest BCUT2D eigenvalue weighted by atomic mass is 10.1. The first-order valence-electron chi connectivity index (χ1n) is 10.7. The third-order valence-electron chi connectivity index (χ3n) is 5.01. The van der Waals surface area contributed by atoms with Gasteiger partial charge in [0, 0.05) is 12.2 Å². The van der Waals surface area contributed by atoms with Gasteiger partial charge in [0.05, 0.1) is 23.2 Å². The highest BCUT2D eigenvalue weighted by Crippen LogP contribution is 2.25. The van der Waals surface area contributed by atoms with Crippen molar-refractivity contribution >= 4 is 56.3 Å². The number of carbonyl (C=O) groups is 3. The number of para-hydroxylation sites is 1. The summed E-state index contributed by atoms with van der Waals surface area (Å²) in [7, 11) is 0. The van der Waals surface area contributed by atoms with E-state index in [0.717, 1.165) is 32.2 Å². The number of aliphatic carboxylic acids is 1. The van der Waals surface area contributed by atoms with Crippen LogP contribution in [-0.4, -0.2) is 58.1 Å². The fraction of sp³-hybridized carbons (Fsp3) is 0.261. The Labute approximate surface area is 199 Å². The van der Waals surface area contributed by atoms with Crippen LogP contribution in [0.1, 0.15) is 18.9 Å². The second-order valence-electron chi connectivity index (χ2n) is 7.42. The summed E-state index contributed by atoms with van der Waals surface area (Å²) in [5.41, 5.74) is 2.65. The number of aromatic nitrogens is 1. The summed E-state index contributed by atoms with van der Waals surface area (Å²) in [5.74, 6) is -1.98. The van der Waals surface area contributed by atoms with Crippen molar-refractivity contribution in [2.45, 2.75) is 25.8 Å². The molecule has 0 radical (unpaired) electrons. The average Bonchev–Trinajstić information content (AvgIpc) is 3.35. The highest BCUT2D eigenvalue weighted by Gasteiger charge is 2.41. The van der Waals surface area contributed by atoms with Gasteiger partial charge in [-0.2, -0.15) is 4.90 Å². The molecule has 3 N–H and O–H groups in total. The van der Waals surface area contributed by atoms with E-state index in [0.29, 0.717) is 12.2 Å². The quantitative estimate of drug-likeness (QED) is 0.445. The second kappa shape index (κ2) is 10.3. The van der Waals surface area contributed by atoms with Gasteiger partial charge in [0.15, 0.2) is 5.13 Å². The lowest BCUT2D eigenvalue weighted by Crippen LogP contribution is -2.43. The first-order chi connectivity index (χ1) is 16.4. The normalized spacial score (nSPS) is 15.3. The van der Waals surface area contributed by atoms with Crippen LogP contribution in [-0.2, 0) is 20.7 Å². The van der Waals surface area contributed by atoms with Crippen molar-refractivity contribution in [1.29, 1.82) is 0 Å². The molecule has 4 rings (SSSR count). The maximum absolute atomic E-state index is 12.5. The number of rotatable bonds is 8. The SMILES string of the molecule is CCOC(=O)N1C(=O)[C@H](CC(=O)O)N=C1Nc1ccc(CCNc2nc3ccccc3s2)cc1. The van der Waals surface area contributed by atoms with Gasteiger partial charge in [-0.05, 0) is 43.2 Å². The van der Waals surface area contributed by atoms with E-state index in [-0.39, 0.29) is 12.6 Å². The standard InChI is InChI=1S/C23H23N5O5S/c1-2-33-23(32)28-20(31)17(13-19(29)30)26-21(28)25-15-9-7-14(8-10-15)11-12-24-22-27-16-5-3-4-6-18(16)34-22/h3-10,17H,2,11-13H2,1H3,(H,24,27)(H,25,26)(H,29,30)/t17-/m0/s1. The number of nitrogens with one attached hydrogen (secondary N) is 2. The third-order valence-corrected chi connectivity index (χ3v) is 6.00.